The number of halogens is 1. The smallest absolute Gasteiger partial charge is 0.251 e. The Balaban J connectivity index is 2.78. The van der Waals surface area contributed by atoms with Crippen LogP contribution in [0.5, 0.6) is 0 Å². The summed E-state index contributed by atoms with van der Waals surface area (Å²) in [5.41, 5.74) is 0.432. The van der Waals surface area contributed by atoms with Gasteiger partial charge in [-0.15, -0.1) is 12.6 Å². The summed E-state index contributed by atoms with van der Waals surface area (Å²) in [7, 11) is 0. The summed E-state index contributed by atoms with van der Waals surface area (Å²) in [4.78, 5) is 11.8. The summed E-state index contributed by atoms with van der Waals surface area (Å²) in [6.07, 6.45) is 0.862. The van der Waals surface area contributed by atoms with E-state index in [2.05, 4.69) is 17.9 Å². The zero-order valence-electron chi connectivity index (χ0n) is 8.75. The van der Waals surface area contributed by atoms with Gasteiger partial charge in [0.15, 0.2) is 0 Å². The first-order valence-corrected chi connectivity index (χ1v) is 5.28. The van der Waals surface area contributed by atoms with Crippen molar-refractivity contribution in [3.05, 3.63) is 29.6 Å². The molecule has 0 aliphatic rings. The minimum absolute atomic E-state index is 0.117. The van der Waals surface area contributed by atoms with Gasteiger partial charge in [0.2, 0.25) is 0 Å². The van der Waals surface area contributed by atoms with Crippen LogP contribution in [0.25, 0.3) is 0 Å². The van der Waals surface area contributed by atoms with Gasteiger partial charge in [-0.1, -0.05) is 6.92 Å². The summed E-state index contributed by atoms with van der Waals surface area (Å²) in [5, 5.41) is 2.80. The molecule has 0 radical (unpaired) electrons. The molecule has 15 heavy (non-hydrogen) atoms. The highest BCUT2D eigenvalue weighted by atomic mass is 32.1. The minimum Gasteiger partial charge on any atom is -0.350 e. The third-order valence-electron chi connectivity index (χ3n) is 2.20. The van der Waals surface area contributed by atoms with E-state index >= 15 is 0 Å². The van der Waals surface area contributed by atoms with Crippen LogP contribution >= 0.6 is 12.6 Å². The Kier molecular flexibility index (Phi) is 4.15. The molecule has 0 bridgehead atoms. The van der Waals surface area contributed by atoms with Crippen molar-refractivity contribution >= 4 is 18.5 Å². The van der Waals surface area contributed by atoms with Crippen molar-refractivity contribution in [3.8, 4) is 0 Å². The van der Waals surface area contributed by atoms with Gasteiger partial charge in [0, 0.05) is 16.5 Å². The van der Waals surface area contributed by atoms with E-state index in [-0.39, 0.29) is 16.8 Å². The fourth-order valence-electron chi connectivity index (χ4n) is 1.06. The second-order valence-corrected chi connectivity index (χ2v) is 3.93. The average Bonchev–Trinajstić information content (AvgIpc) is 2.21. The molecule has 0 saturated heterocycles. The molecule has 1 unspecified atom stereocenters. The summed E-state index contributed by atoms with van der Waals surface area (Å²) in [6.45, 7) is 3.91. The van der Waals surface area contributed by atoms with E-state index in [0.717, 1.165) is 6.42 Å². The van der Waals surface area contributed by atoms with Crippen molar-refractivity contribution in [2.24, 2.45) is 0 Å². The van der Waals surface area contributed by atoms with Gasteiger partial charge in [-0.05, 0) is 31.5 Å². The molecule has 0 saturated carbocycles. The predicted octanol–water partition coefficient (Wildman–Crippen LogP) is 2.64. The van der Waals surface area contributed by atoms with Crippen molar-refractivity contribution in [1.82, 2.24) is 5.32 Å². The number of carbonyl (C=O) groups is 1. The number of hydrogen-bond acceptors (Lipinski definition) is 2. The van der Waals surface area contributed by atoms with Gasteiger partial charge in [0.05, 0.1) is 0 Å². The first kappa shape index (κ1) is 12.0. The lowest BCUT2D eigenvalue weighted by atomic mass is 10.2. The molecule has 0 aliphatic heterocycles. The first-order valence-electron chi connectivity index (χ1n) is 4.84. The Labute approximate surface area is 94.3 Å². The molecule has 0 fully saturated rings. The van der Waals surface area contributed by atoms with Crippen molar-refractivity contribution in [2.45, 2.75) is 31.2 Å². The molecule has 4 heteroatoms. The SMILES string of the molecule is CCC(C)NC(=O)c1ccc(F)c(S)c1. The summed E-state index contributed by atoms with van der Waals surface area (Å²) in [6, 6.07) is 4.24. The second-order valence-electron chi connectivity index (χ2n) is 3.45. The summed E-state index contributed by atoms with van der Waals surface area (Å²) in [5.74, 6) is -0.613. The van der Waals surface area contributed by atoms with E-state index in [9.17, 15) is 9.18 Å². The average molecular weight is 227 g/mol. The van der Waals surface area contributed by atoms with E-state index < -0.39 is 5.82 Å². The summed E-state index contributed by atoms with van der Waals surface area (Å²) < 4.78 is 12.9. The highest BCUT2D eigenvalue weighted by Crippen LogP contribution is 2.14. The van der Waals surface area contributed by atoms with Crippen molar-refractivity contribution in [1.29, 1.82) is 0 Å². The lowest BCUT2D eigenvalue weighted by Gasteiger charge is -2.11. The van der Waals surface area contributed by atoms with Crippen LogP contribution in [0, 0.1) is 5.82 Å². The van der Waals surface area contributed by atoms with Crippen LogP contribution in [0.3, 0.4) is 0 Å². The third kappa shape index (κ3) is 3.23. The van der Waals surface area contributed by atoms with Gasteiger partial charge >= 0.3 is 0 Å². The summed E-state index contributed by atoms with van der Waals surface area (Å²) >= 11 is 3.92. The van der Waals surface area contributed by atoms with Crippen LogP contribution in [0.15, 0.2) is 23.1 Å². The van der Waals surface area contributed by atoms with E-state index in [1.165, 1.54) is 18.2 Å². The monoisotopic (exact) mass is 227 g/mol. The van der Waals surface area contributed by atoms with Crippen LogP contribution in [0.1, 0.15) is 30.6 Å². The molecule has 0 aromatic heterocycles. The maximum Gasteiger partial charge on any atom is 0.251 e. The highest BCUT2D eigenvalue weighted by molar-refractivity contribution is 7.80. The molecule has 1 rings (SSSR count). The van der Waals surface area contributed by atoms with Crippen molar-refractivity contribution in [2.75, 3.05) is 0 Å². The maximum atomic E-state index is 12.9. The highest BCUT2D eigenvalue weighted by Gasteiger charge is 2.09. The lowest BCUT2D eigenvalue weighted by molar-refractivity contribution is 0.0939. The lowest BCUT2D eigenvalue weighted by Crippen LogP contribution is -2.31. The Morgan fingerprint density at radius 3 is 2.80 bits per heavy atom. The van der Waals surface area contributed by atoms with E-state index in [4.69, 9.17) is 0 Å². The van der Waals surface area contributed by atoms with Gasteiger partial charge in [-0.3, -0.25) is 4.79 Å². The van der Waals surface area contributed by atoms with Gasteiger partial charge < -0.3 is 5.32 Å². The fourth-order valence-corrected chi connectivity index (χ4v) is 1.28. The van der Waals surface area contributed by atoms with Gasteiger partial charge in [-0.25, -0.2) is 4.39 Å². The third-order valence-corrected chi connectivity index (χ3v) is 2.54. The fraction of sp³-hybridized carbons (Fsp3) is 0.364. The molecule has 1 atom stereocenters. The zero-order chi connectivity index (χ0) is 11.4. The molecule has 1 aromatic rings. The van der Waals surface area contributed by atoms with E-state index in [1.54, 1.807) is 0 Å². The van der Waals surface area contributed by atoms with Gasteiger partial charge in [0.25, 0.3) is 5.91 Å². The molecule has 1 N–H and O–H groups in total. The molecule has 1 amide bonds. The Hall–Kier alpha value is -1.03. The van der Waals surface area contributed by atoms with Crippen LogP contribution in [-0.4, -0.2) is 11.9 Å². The molecular formula is C11H14FNOS. The van der Waals surface area contributed by atoms with Crippen LogP contribution < -0.4 is 5.32 Å². The standard InChI is InChI=1S/C11H14FNOS/c1-3-7(2)13-11(14)8-4-5-9(12)10(15)6-8/h4-7,15H,3H2,1-2H3,(H,13,14). The number of rotatable bonds is 3. The van der Waals surface area contributed by atoms with E-state index in [1.807, 2.05) is 13.8 Å². The van der Waals surface area contributed by atoms with Crippen LogP contribution in [0.2, 0.25) is 0 Å². The van der Waals surface area contributed by atoms with Gasteiger partial charge in [0.1, 0.15) is 5.82 Å². The number of benzene rings is 1. The number of hydrogen-bond donors (Lipinski definition) is 2. The molecule has 2 nitrogen and oxygen atoms in total. The maximum absolute atomic E-state index is 12.9. The van der Waals surface area contributed by atoms with E-state index in [0.29, 0.717) is 5.56 Å². The minimum atomic E-state index is -0.418. The largest absolute Gasteiger partial charge is 0.350 e. The van der Waals surface area contributed by atoms with Crippen molar-refractivity contribution < 1.29 is 9.18 Å². The topological polar surface area (TPSA) is 29.1 Å². The molecule has 82 valence electrons. The van der Waals surface area contributed by atoms with Crippen LogP contribution in [-0.2, 0) is 0 Å². The molecule has 0 spiro atoms. The van der Waals surface area contributed by atoms with Crippen molar-refractivity contribution in [3.63, 3.8) is 0 Å². The molecule has 0 aliphatic carbocycles. The Bertz CT molecular complexity index is 368. The molecule has 0 heterocycles. The predicted molar refractivity (Wildman–Crippen MR) is 60.9 cm³/mol. The first-order chi connectivity index (χ1) is 7.04. The number of nitrogens with one attached hydrogen (secondary N) is 1. The number of thiol groups is 1. The normalized spacial score (nSPS) is 12.3. The Morgan fingerprint density at radius 2 is 2.27 bits per heavy atom. The van der Waals surface area contributed by atoms with Crippen LogP contribution in [0.4, 0.5) is 4.39 Å². The zero-order valence-corrected chi connectivity index (χ0v) is 9.64. The van der Waals surface area contributed by atoms with Gasteiger partial charge in [-0.2, -0.15) is 0 Å². The molecular weight excluding hydrogens is 213 g/mol. The number of carbonyl (C=O) groups excluding carboxylic acids is 1. The number of amides is 1. The quantitative estimate of drug-likeness (QED) is 0.764. The second kappa shape index (κ2) is 5.16. The molecule has 1 aromatic carbocycles. The Morgan fingerprint density at radius 1 is 1.60 bits per heavy atom.